The van der Waals surface area contributed by atoms with Crippen molar-refractivity contribution in [3.8, 4) is 17.2 Å². The predicted molar refractivity (Wildman–Crippen MR) is 149 cm³/mol. The molecular weight excluding hydrogens is 516 g/mol. The van der Waals surface area contributed by atoms with Crippen LogP contribution in [0.1, 0.15) is 36.1 Å². The van der Waals surface area contributed by atoms with Crippen molar-refractivity contribution in [1.29, 1.82) is 0 Å². The lowest BCUT2D eigenvalue weighted by atomic mass is 9.95. The van der Waals surface area contributed by atoms with Gasteiger partial charge in [-0.2, -0.15) is 0 Å². The fourth-order valence-electron chi connectivity index (χ4n) is 4.78. The van der Waals surface area contributed by atoms with Crippen LogP contribution in [0.5, 0.6) is 17.2 Å². The van der Waals surface area contributed by atoms with E-state index in [2.05, 4.69) is 4.98 Å². The molecule has 3 heterocycles. The summed E-state index contributed by atoms with van der Waals surface area (Å²) in [5.41, 5.74) is 2.78. The summed E-state index contributed by atoms with van der Waals surface area (Å²) in [4.78, 5) is 33.2. The Labute approximate surface area is 229 Å². The number of fused-ring (bicyclic) bond motifs is 2. The lowest BCUT2D eigenvalue weighted by Crippen LogP contribution is -2.29. The Morgan fingerprint density at radius 2 is 1.82 bits per heavy atom. The molecule has 1 fully saturated rings. The average molecular weight is 543 g/mol. The quantitative estimate of drug-likeness (QED) is 0.187. The Morgan fingerprint density at radius 1 is 1.05 bits per heavy atom. The highest BCUT2D eigenvalue weighted by Gasteiger charge is 2.48. The third-order valence-corrected chi connectivity index (χ3v) is 7.68. The molecule has 0 radical (unpaired) electrons. The van der Waals surface area contributed by atoms with Gasteiger partial charge in [-0.3, -0.25) is 14.5 Å². The third-order valence-electron chi connectivity index (χ3n) is 6.67. The molecule has 1 unspecified atom stereocenters. The van der Waals surface area contributed by atoms with Gasteiger partial charge in [0.25, 0.3) is 5.78 Å². The molecule has 1 N–H and O–H groups in total. The topological polar surface area (TPSA) is 98.2 Å². The Bertz CT molecular complexity index is 1620. The Morgan fingerprint density at radius 3 is 2.59 bits per heavy atom. The number of Topliss-reactive ketones (excluding diaryl/α,β-unsaturated/α-hetero) is 1. The van der Waals surface area contributed by atoms with E-state index in [9.17, 15) is 14.7 Å². The summed E-state index contributed by atoms with van der Waals surface area (Å²) in [6.07, 6.45) is 0.870. The van der Waals surface area contributed by atoms with Crippen molar-refractivity contribution in [1.82, 2.24) is 4.98 Å². The first-order valence-corrected chi connectivity index (χ1v) is 13.6. The highest BCUT2D eigenvalue weighted by Crippen LogP contribution is 2.45. The van der Waals surface area contributed by atoms with Gasteiger partial charge in [-0.1, -0.05) is 36.5 Å². The number of hydrogen-bond acceptors (Lipinski definition) is 8. The SMILES string of the molecule is CCCOc1ccc(C2C(=C(O)c3ccc4c(c3)OCCO4)C(=O)C(=O)N2c2nc3ccc(C)cc3s2)cc1. The summed E-state index contributed by atoms with van der Waals surface area (Å²) in [5.74, 6) is -0.117. The predicted octanol–water partition coefficient (Wildman–Crippen LogP) is 5.79. The van der Waals surface area contributed by atoms with Crippen LogP contribution in [0.4, 0.5) is 5.13 Å². The first-order chi connectivity index (χ1) is 18.9. The molecule has 198 valence electrons. The van der Waals surface area contributed by atoms with E-state index in [0.717, 1.165) is 22.2 Å². The van der Waals surface area contributed by atoms with Crippen LogP contribution in [0.3, 0.4) is 0 Å². The molecule has 4 aromatic rings. The molecule has 2 aliphatic heterocycles. The summed E-state index contributed by atoms with van der Waals surface area (Å²) < 4.78 is 17.9. The maximum absolute atomic E-state index is 13.5. The lowest BCUT2D eigenvalue weighted by molar-refractivity contribution is -0.132. The molecule has 1 aromatic heterocycles. The number of carbonyl (C=O) groups is 2. The zero-order valence-corrected chi connectivity index (χ0v) is 22.3. The van der Waals surface area contributed by atoms with Crippen LogP contribution in [-0.4, -0.2) is 41.6 Å². The van der Waals surface area contributed by atoms with Crippen molar-refractivity contribution in [3.63, 3.8) is 0 Å². The van der Waals surface area contributed by atoms with Crippen LogP contribution < -0.4 is 19.1 Å². The van der Waals surface area contributed by atoms with Crippen molar-refractivity contribution in [2.45, 2.75) is 26.3 Å². The Kier molecular flexibility index (Phi) is 6.44. The fourth-order valence-corrected chi connectivity index (χ4v) is 5.87. The number of carbonyl (C=O) groups excluding carboxylic acids is 2. The van der Waals surface area contributed by atoms with Crippen LogP contribution in [0.2, 0.25) is 0 Å². The van der Waals surface area contributed by atoms with E-state index < -0.39 is 17.7 Å². The number of rotatable bonds is 6. The molecule has 8 nitrogen and oxygen atoms in total. The van der Waals surface area contributed by atoms with Gasteiger partial charge in [-0.05, 0) is 66.9 Å². The Hall–Kier alpha value is -4.37. The monoisotopic (exact) mass is 542 g/mol. The van der Waals surface area contributed by atoms with Crippen molar-refractivity contribution in [2.75, 3.05) is 24.7 Å². The largest absolute Gasteiger partial charge is 0.507 e. The number of aliphatic hydroxyl groups excluding tert-OH is 1. The van der Waals surface area contributed by atoms with E-state index in [4.69, 9.17) is 14.2 Å². The summed E-state index contributed by atoms with van der Waals surface area (Å²) in [7, 11) is 0. The first-order valence-electron chi connectivity index (χ1n) is 12.8. The van der Waals surface area contributed by atoms with Crippen molar-refractivity contribution in [3.05, 3.63) is 82.9 Å². The first kappa shape index (κ1) is 24.9. The number of ether oxygens (including phenoxy) is 3. The number of amides is 1. The summed E-state index contributed by atoms with van der Waals surface area (Å²) in [5, 5.41) is 11.9. The molecular formula is C30H26N2O6S. The number of nitrogens with zero attached hydrogens (tertiary/aromatic N) is 2. The molecule has 9 heteroatoms. The van der Waals surface area contributed by atoms with E-state index in [1.807, 2.05) is 44.2 Å². The van der Waals surface area contributed by atoms with Crippen LogP contribution in [0, 0.1) is 6.92 Å². The maximum Gasteiger partial charge on any atom is 0.301 e. The minimum absolute atomic E-state index is 0.0191. The van der Waals surface area contributed by atoms with E-state index in [1.165, 1.54) is 16.2 Å². The fraction of sp³-hybridized carbons (Fsp3) is 0.233. The van der Waals surface area contributed by atoms with E-state index >= 15 is 0 Å². The molecule has 0 bridgehead atoms. The zero-order chi connectivity index (χ0) is 27.1. The van der Waals surface area contributed by atoms with E-state index in [-0.39, 0.29) is 11.3 Å². The second kappa shape index (κ2) is 10.1. The van der Waals surface area contributed by atoms with Crippen LogP contribution in [-0.2, 0) is 9.59 Å². The molecule has 1 atom stereocenters. The van der Waals surface area contributed by atoms with Crippen LogP contribution >= 0.6 is 11.3 Å². The van der Waals surface area contributed by atoms with Gasteiger partial charge < -0.3 is 19.3 Å². The molecule has 3 aromatic carbocycles. The number of hydrogen-bond donors (Lipinski definition) is 1. The Balaban J connectivity index is 1.50. The molecule has 39 heavy (non-hydrogen) atoms. The van der Waals surface area contributed by atoms with Crippen LogP contribution in [0.25, 0.3) is 16.0 Å². The van der Waals surface area contributed by atoms with Gasteiger partial charge in [0.2, 0.25) is 0 Å². The average Bonchev–Trinajstić information content (AvgIpc) is 3.48. The standard InChI is InChI=1S/C30H26N2O6S/c1-3-12-36-20-8-5-18(6-9-20)26-25(27(33)19-7-11-22-23(16-19)38-14-13-37-22)28(34)29(35)32(26)30-31-21-10-4-17(2)15-24(21)39-30/h4-11,15-16,26,33H,3,12-14H2,1-2H3. The number of aryl methyl sites for hydroxylation is 1. The van der Waals surface area contributed by atoms with Gasteiger partial charge in [-0.15, -0.1) is 0 Å². The van der Waals surface area contributed by atoms with E-state index in [1.54, 1.807) is 30.3 Å². The molecule has 0 saturated carbocycles. The number of benzene rings is 3. The van der Waals surface area contributed by atoms with Gasteiger partial charge in [0.15, 0.2) is 16.6 Å². The summed E-state index contributed by atoms with van der Waals surface area (Å²) in [6, 6.07) is 17.1. The maximum atomic E-state index is 13.5. The van der Waals surface area contributed by atoms with Gasteiger partial charge >= 0.3 is 5.91 Å². The second-order valence-corrected chi connectivity index (χ2v) is 10.4. The highest BCUT2D eigenvalue weighted by atomic mass is 32.1. The van der Waals surface area contributed by atoms with Gasteiger partial charge in [0.1, 0.15) is 24.7 Å². The normalized spacial score (nSPS) is 18.1. The summed E-state index contributed by atoms with van der Waals surface area (Å²) >= 11 is 1.33. The number of aliphatic hydroxyl groups is 1. The number of anilines is 1. The highest BCUT2D eigenvalue weighted by molar-refractivity contribution is 7.22. The minimum atomic E-state index is -0.889. The van der Waals surface area contributed by atoms with Crippen molar-refractivity contribution >= 4 is 44.1 Å². The number of thiazole rings is 1. The molecule has 0 aliphatic carbocycles. The smallest absolute Gasteiger partial charge is 0.301 e. The third kappa shape index (κ3) is 4.48. The molecule has 1 saturated heterocycles. The number of aromatic nitrogens is 1. The van der Waals surface area contributed by atoms with E-state index in [0.29, 0.717) is 53.3 Å². The summed E-state index contributed by atoms with van der Waals surface area (Å²) in [6.45, 7) is 5.40. The second-order valence-electron chi connectivity index (χ2n) is 9.41. The molecule has 6 rings (SSSR count). The zero-order valence-electron chi connectivity index (χ0n) is 21.5. The number of ketones is 1. The van der Waals surface area contributed by atoms with Gasteiger partial charge in [0.05, 0.1) is 28.4 Å². The molecule has 1 amide bonds. The lowest BCUT2D eigenvalue weighted by Gasteiger charge is -2.23. The van der Waals surface area contributed by atoms with Gasteiger partial charge in [0, 0.05) is 5.56 Å². The van der Waals surface area contributed by atoms with Gasteiger partial charge in [-0.25, -0.2) is 4.98 Å². The minimum Gasteiger partial charge on any atom is -0.507 e. The molecule has 2 aliphatic rings. The molecule has 0 spiro atoms. The van der Waals surface area contributed by atoms with Crippen LogP contribution in [0.15, 0.2) is 66.2 Å². The van der Waals surface area contributed by atoms with Crippen molar-refractivity contribution < 1.29 is 28.9 Å². The van der Waals surface area contributed by atoms with Crippen molar-refractivity contribution in [2.24, 2.45) is 0 Å².